The number of carbonyl (C=O) groups is 1. The van der Waals surface area contributed by atoms with Gasteiger partial charge < -0.3 is 11.1 Å². The zero-order valence-electron chi connectivity index (χ0n) is 12.9. The molecule has 0 spiro atoms. The molecule has 116 valence electrons. The Bertz CT molecular complexity index is 482. The van der Waals surface area contributed by atoms with Crippen LogP contribution in [0.5, 0.6) is 0 Å². The molecule has 3 nitrogen and oxygen atoms in total. The molecule has 2 rings (SSSR count). The Balaban J connectivity index is 2.00. The summed E-state index contributed by atoms with van der Waals surface area (Å²) in [5.74, 6) is 0.169. The van der Waals surface area contributed by atoms with E-state index in [1.165, 1.54) is 12.0 Å². The molecule has 0 radical (unpaired) electrons. The average Bonchev–Trinajstić information content (AvgIpc) is 2.45. The second-order valence-corrected chi connectivity index (χ2v) is 6.71. The minimum Gasteiger partial charge on any atom is -0.354 e. The maximum atomic E-state index is 12.2. The molecule has 2 atom stereocenters. The Hall–Kier alpha value is -1.06. The van der Waals surface area contributed by atoms with E-state index in [1.807, 2.05) is 19.1 Å². The maximum absolute atomic E-state index is 12.2. The smallest absolute Gasteiger partial charge is 0.237 e. The normalized spacial score (nSPS) is 19.4. The summed E-state index contributed by atoms with van der Waals surface area (Å²) in [6.45, 7) is 4.74. The molecule has 0 aromatic heterocycles. The summed E-state index contributed by atoms with van der Waals surface area (Å²) in [6.07, 6.45) is 4.33. The van der Waals surface area contributed by atoms with Crippen LogP contribution >= 0.6 is 11.6 Å². The standard InChI is InChI=1S/C17H25ClN2O/c1-3-12(2)15(19)16(21)20-11-17(9-4-10-17)13-5-7-14(18)8-6-13/h5-8,12,15H,3-4,9-11,19H2,1-2H3,(H,20,21). The molecule has 1 aliphatic rings. The van der Waals surface area contributed by atoms with Crippen molar-refractivity contribution in [3.05, 3.63) is 34.9 Å². The van der Waals surface area contributed by atoms with Crippen LogP contribution in [0.25, 0.3) is 0 Å². The summed E-state index contributed by atoms with van der Waals surface area (Å²) >= 11 is 5.96. The van der Waals surface area contributed by atoms with E-state index in [0.29, 0.717) is 6.54 Å². The Kier molecular flexibility index (Phi) is 5.28. The number of halogens is 1. The molecule has 2 unspecified atom stereocenters. The van der Waals surface area contributed by atoms with E-state index in [-0.39, 0.29) is 17.2 Å². The molecule has 1 aliphatic carbocycles. The summed E-state index contributed by atoms with van der Waals surface area (Å²) in [4.78, 5) is 12.2. The quantitative estimate of drug-likeness (QED) is 0.847. The Morgan fingerprint density at radius 1 is 1.38 bits per heavy atom. The number of carbonyl (C=O) groups excluding carboxylic acids is 1. The largest absolute Gasteiger partial charge is 0.354 e. The molecule has 1 amide bonds. The first-order chi connectivity index (χ1) is 9.98. The Labute approximate surface area is 132 Å². The van der Waals surface area contributed by atoms with Gasteiger partial charge in [0.25, 0.3) is 0 Å². The second kappa shape index (κ2) is 6.80. The molecule has 1 saturated carbocycles. The topological polar surface area (TPSA) is 55.1 Å². The molecule has 1 aromatic rings. The van der Waals surface area contributed by atoms with Gasteiger partial charge in [-0.05, 0) is 36.5 Å². The van der Waals surface area contributed by atoms with Crippen molar-refractivity contribution in [1.82, 2.24) is 5.32 Å². The van der Waals surface area contributed by atoms with Crippen LogP contribution in [0.3, 0.4) is 0 Å². The molecule has 21 heavy (non-hydrogen) atoms. The van der Waals surface area contributed by atoms with Crippen molar-refractivity contribution in [1.29, 1.82) is 0 Å². The van der Waals surface area contributed by atoms with Crippen molar-refractivity contribution >= 4 is 17.5 Å². The van der Waals surface area contributed by atoms with E-state index in [9.17, 15) is 4.79 Å². The summed E-state index contributed by atoms with van der Waals surface area (Å²) in [6, 6.07) is 7.56. The lowest BCUT2D eigenvalue weighted by molar-refractivity contribution is -0.123. The van der Waals surface area contributed by atoms with Crippen LogP contribution in [-0.4, -0.2) is 18.5 Å². The van der Waals surface area contributed by atoms with Crippen LogP contribution in [0.1, 0.15) is 45.1 Å². The summed E-state index contributed by atoms with van der Waals surface area (Å²) in [7, 11) is 0. The van der Waals surface area contributed by atoms with E-state index in [0.717, 1.165) is 24.3 Å². The van der Waals surface area contributed by atoms with Gasteiger partial charge in [-0.25, -0.2) is 0 Å². The number of amides is 1. The highest BCUT2D eigenvalue weighted by Crippen LogP contribution is 2.43. The van der Waals surface area contributed by atoms with Gasteiger partial charge in [0, 0.05) is 17.0 Å². The van der Waals surface area contributed by atoms with E-state index >= 15 is 0 Å². The van der Waals surface area contributed by atoms with Gasteiger partial charge in [0.1, 0.15) is 0 Å². The van der Waals surface area contributed by atoms with E-state index in [4.69, 9.17) is 17.3 Å². The predicted molar refractivity (Wildman–Crippen MR) is 87.4 cm³/mol. The fraction of sp³-hybridized carbons (Fsp3) is 0.588. The summed E-state index contributed by atoms with van der Waals surface area (Å²) in [5.41, 5.74) is 7.31. The van der Waals surface area contributed by atoms with Crippen molar-refractivity contribution in [3.8, 4) is 0 Å². The zero-order chi connectivity index (χ0) is 15.5. The van der Waals surface area contributed by atoms with Crippen molar-refractivity contribution < 1.29 is 4.79 Å². The van der Waals surface area contributed by atoms with Crippen molar-refractivity contribution in [2.45, 2.75) is 51.0 Å². The molecule has 0 bridgehead atoms. The predicted octanol–water partition coefficient (Wildman–Crippen LogP) is 3.25. The summed E-state index contributed by atoms with van der Waals surface area (Å²) in [5, 5.41) is 3.80. The number of rotatable bonds is 6. The Morgan fingerprint density at radius 3 is 2.48 bits per heavy atom. The van der Waals surface area contributed by atoms with Gasteiger partial charge in [-0.3, -0.25) is 4.79 Å². The van der Waals surface area contributed by atoms with Crippen molar-refractivity contribution in [3.63, 3.8) is 0 Å². The molecular formula is C17H25ClN2O. The summed E-state index contributed by atoms with van der Waals surface area (Å²) < 4.78 is 0. The monoisotopic (exact) mass is 308 g/mol. The third-order valence-electron chi connectivity index (χ3n) is 4.93. The third-order valence-corrected chi connectivity index (χ3v) is 5.18. The number of hydrogen-bond donors (Lipinski definition) is 2. The first-order valence-electron chi connectivity index (χ1n) is 7.78. The average molecular weight is 309 g/mol. The lowest BCUT2D eigenvalue weighted by Crippen LogP contribution is -2.51. The van der Waals surface area contributed by atoms with Gasteiger partial charge >= 0.3 is 0 Å². The first kappa shape index (κ1) is 16.3. The lowest BCUT2D eigenvalue weighted by atomic mass is 9.64. The fourth-order valence-corrected chi connectivity index (χ4v) is 2.99. The molecule has 0 aliphatic heterocycles. The van der Waals surface area contributed by atoms with Crippen molar-refractivity contribution in [2.24, 2.45) is 11.7 Å². The van der Waals surface area contributed by atoms with Gasteiger partial charge in [-0.15, -0.1) is 0 Å². The van der Waals surface area contributed by atoms with E-state index in [2.05, 4.69) is 24.4 Å². The number of nitrogens with one attached hydrogen (secondary N) is 1. The van der Waals surface area contributed by atoms with Crippen LogP contribution in [0.4, 0.5) is 0 Å². The van der Waals surface area contributed by atoms with Gasteiger partial charge in [0.2, 0.25) is 5.91 Å². The third kappa shape index (κ3) is 3.58. The molecule has 4 heteroatoms. The molecule has 1 aromatic carbocycles. The van der Waals surface area contributed by atoms with Crippen molar-refractivity contribution in [2.75, 3.05) is 6.54 Å². The molecule has 3 N–H and O–H groups in total. The fourth-order valence-electron chi connectivity index (χ4n) is 2.86. The lowest BCUT2D eigenvalue weighted by Gasteiger charge is -2.43. The maximum Gasteiger partial charge on any atom is 0.237 e. The Morgan fingerprint density at radius 2 is 2.00 bits per heavy atom. The highest BCUT2D eigenvalue weighted by atomic mass is 35.5. The number of hydrogen-bond acceptors (Lipinski definition) is 2. The van der Waals surface area contributed by atoms with Crippen LogP contribution < -0.4 is 11.1 Å². The number of nitrogens with two attached hydrogens (primary N) is 1. The van der Waals surface area contributed by atoms with Crippen LogP contribution in [-0.2, 0) is 10.2 Å². The second-order valence-electron chi connectivity index (χ2n) is 6.27. The zero-order valence-corrected chi connectivity index (χ0v) is 13.6. The minimum atomic E-state index is -0.419. The van der Waals surface area contributed by atoms with Crippen LogP contribution in [0.2, 0.25) is 5.02 Å². The van der Waals surface area contributed by atoms with E-state index in [1.54, 1.807) is 0 Å². The molecule has 0 saturated heterocycles. The number of benzene rings is 1. The highest BCUT2D eigenvalue weighted by molar-refractivity contribution is 6.30. The molecule has 1 fully saturated rings. The van der Waals surface area contributed by atoms with Gasteiger partial charge in [-0.2, -0.15) is 0 Å². The van der Waals surface area contributed by atoms with Gasteiger partial charge in [0.05, 0.1) is 6.04 Å². The molecular weight excluding hydrogens is 284 g/mol. The highest BCUT2D eigenvalue weighted by Gasteiger charge is 2.39. The first-order valence-corrected chi connectivity index (χ1v) is 8.15. The van der Waals surface area contributed by atoms with E-state index < -0.39 is 6.04 Å². The van der Waals surface area contributed by atoms with Crippen LogP contribution in [0.15, 0.2) is 24.3 Å². The van der Waals surface area contributed by atoms with Gasteiger partial charge in [-0.1, -0.05) is 50.4 Å². The van der Waals surface area contributed by atoms with Crippen LogP contribution in [0, 0.1) is 5.92 Å². The molecule has 0 heterocycles. The SMILES string of the molecule is CCC(C)C(N)C(=O)NCC1(c2ccc(Cl)cc2)CCC1. The minimum absolute atomic E-state index is 0.0374. The van der Waals surface area contributed by atoms with Gasteiger partial charge in [0.15, 0.2) is 0 Å².